The van der Waals surface area contributed by atoms with Crippen molar-refractivity contribution >= 4 is 17.8 Å². The molecule has 0 unspecified atom stereocenters. The number of hydrogen-bond donors (Lipinski definition) is 2. The van der Waals surface area contributed by atoms with Crippen LogP contribution in [0.3, 0.4) is 0 Å². The lowest BCUT2D eigenvalue weighted by Crippen LogP contribution is -2.46. The normalized spacial score (nSPS) is 18.4. The largest absolute Gasteiger partial charge is 0.369 e. The van der Waals surface area contributed by atoms with Gasteiger partial charge in [0.05, 0.1) is 11.4 Å². The third-order valence-electron chi connectivity index (χ3n) is 6.27. The quantitative estimate of drug-likeness (QED) is 0.703. The van der Waals surface area contributed by atoms with E-state index in [0.29, 0.717) is 37.6 Å². The summed E-state index contributed by atoms with van der Waals surface area (Å²) < 4.78 is 0. The maximum Gasteiger partial charge on any atom is 0.252 e. The molecule has 2 aliphatic rings. The molecule has 1 amide bonds. The number of piperazine rings is 1. The van der Waals surface area contributed by atoms with E-state index in [4.69, 9.17) is 10.7 Å². The number of piperidine rings is 1. The van der Waals surface area contributed by atoms with Gasteiger partial charge in [-0.2, -0.15) is 0 Å². The molecule has 0 radical (unpaired) electrons. The minimum atomic E-state index is -0.265. The number of carbonyl (C=O) groups is 1. The predicted octanol–water partition coefficient (Wildman–Crippen LogP) is 0.379. The smallest absolute Gasteiger partial charge is 0.252 e. The summed E-state index contributed by atoms with van der Waals surface area (Å²) in [7, 11) is 0. The fourth-order valence-corrected chi connectivity index (χ4v) is 4.23. The molecule has 0 atom stereocenters. The van der Waals surface area contributed by atoms with Crippen molar-refractivity contribution < 1.29 is 4.79 Å². The Morgan fingerprint density at radius 2 is 1.84 bits per heavy atom. The molecule has 166 valence electrons. The highest BCUT2D eigenvalue weighted by atomic mass is 16.1. The average Bonchev–Trinajstić information content (AvgIpc) is 2.78. The van der Waals surface area contributed by atoms with E-state index >= 15 is 0 Å². The summed E-state index contributed by atoms with van der Waals surface area (Å²) >= 11 is 0. The van der Waals surface area contributed by atoms with Crippen LogP contribution in [-0.2, 0) is 4.79 Å². The highest BCUT2D eigenvalue weighted by Gasteiger charge is 2.25. The molecule has 0 aromatic carbocycles. The summed E-state index contributed by atoms with van der Waals surface area (Å²) in [4.78, 5) is 47.1. The first-order chi connectivity index (χ1) is 14.9. The summed E-state index contributed by atoms with van der Waals surface area (Å²) in [6.07, 6.45) is 3.07. The lowest BCUT2D eigenvalue weighted by molar-refractivity contribution is -0.122. The molecule has 10 heteroatoms. The zero-order valence-corrected chi connectivity index (χ0v) is 18.2. The average molecular weight is 427 g/mol. The molecule has 2 aromatic heterocycles. The van der Waals surface area contributed by atoms with Crippen molar-refractivity contribution in [1.29, 1.82) is 0 Å². The Bertz CT molecular complexity index is 991. The van der Waals surface area contributed by atoms with Crippen LogP contribution in [0.25, 0.3) is 11.3 Å². The number of amides is 1. The summed E-state index contributed by atoms with van der Waals surface area (Å²) in [5, 5.41) is 0. The number of H-pyrrole nitrogens is 1. The maximum atomic E-state index is 12.3. The molecule has 0 aliphatic carbocycles. The standard InChI is InChI=1S/C21H30N8O2/c1-3-27-8-10-29(11-9-27)20-23-13-16(14(2)24-20)17-12-18(30)26-21(25-17)28-6-4-15(5-7-28)19(22)31/h12-13,15H,3-11H2,1-2H3,(H2,22,31)(H,25,26,30). The number of carbonyl (C=O) groups excluding carboxylic acids is 1. The first-order valence-corrected chi connectivity index (χ1v) is 10.9. The summed E-state index contributed by atoms with van der Waals surface area (Å²) in [6.45, 7) is 10.2. The molecule has 0 bridgehead atoms. The van der Waals surface area contributed by atoms with Crippen molar-refractivity contribution in [2.24, 2.45) is 11.7 Å². The molecular formula is C21H30N8O2. The lowest BCUT2D eigenvalue weighted by atomic mass is 9.96. The highest BCUT2D eigenvalue weighted by molar-refractivity contribution is 5.77. The predicted molar refractivity (Wildman–Crippen MR) is 119 cm³/mol. The van der Waals surface area contributed by atoms with Gasteiger partial charge >= 0.3 is 0 Å². The van der Waals surface area contributed by atoms with Gasteiger partial charge in [0.15, 0.2) is 0 Å². The van der Waals surface area contributed by atoms with E-state index in [-0.39, 0.29) is 17.4 Å². The zero-order valence-electron chi connectivity index (χ0n) is 18.2. The Hall–Kier alpha value is -3.01. The van der Waals surface area contributed by atoms with E-state index in [1.807, 2.05) is 11.8 Å². The van der Waals surface area contributed by atoms with Gasteiger partial charge in [-0.25, -0.2) is 15.0 Å². The van der Waals surface area contributed by atoms with Gasteiger partial charge in [0.2, 0.25) is 17.8 Å². The number of aromatic amines is 1. The van der Waals surface area contributed by atoms with Crippen LogP contribution in [0.5, 0.6) is 0 Å². The topological polar surface area (TPSA) is 124 Å². The third-order valence-corrected chi connectivity index (χ3v) is 6.27. The SMILES string of the molecule is CCN1CCN(c2ncc(-c3cc(=O)[nH]c(N4CCC(C(N)=O)CC4)n3)c(C)n2)CC1. The van der Waals surface area contributed by atoms with Gasteiger partial charge < -0.3 is 20.4 Å². The molecular weight excluding hydrogens is 396 g/mol. The van der Waals surface area contributed by atoms with Crippen LogP contribution in [0.2, 0.25) is 0 Å². The molecule has 4 rings (SSSR count). The van der Waals surface area contributed by atoms with Gasteiger partial charge in [-0.1, -0.05) is 6.92 Å². The summed E-state index contributed by atoms with van der Waals surface area (Å²) in [5.74, 6) is 0.840. The number of nitrogens with two attached hydrogens (primary N) is 1. The van der Waals surface area contributed by atoms with Crippen molar-refractivity contribution in [3.63, 3.8) is 0 Å². The second kappa shape index (κ2) is 9.01. The van der Waals surface area contributed by atoms with Crippen LogP contribution in [-0.4, -0.2) is 76.6 Å². The van der Waals surface area contributed by atoms with Crippen molar-refractivity contribution in [3.8, 4) is 11.3 Å². The van der Waals surface area contributed by atoms with Crippen LogP contribution in [0.4, 0.5) is 11.9 Å². The third kappa shape index (κ3) is 4.68. The highest BCUT2D eigenvalue weighted by Crippen LogP contribution is 2.24. The number of rotatable bonds is 5. The number of hydrogen-bond acceptors (Lipinski definition) is 8. The number of aromatic nitrogens is 4. The van der Waals surface area contributed by atoms with Gasteiger partial charge in [-0.3, -0.25) is 14.6 Å². The Morgan fingerprint density at radius 1 is 1.13 bits per heavy atom. The van der Waals surface area contributed by atoms with Gasteiger partial charge in [0.1, 0.15) is 0 Å². The fourth-order valence-electron chi connectivity index (χ4n) is 4.23. The first-order valence-electron chi connectivity index (χ1n) is 10.9. The van der Waals surface area contributed by atoms with Gasteiger partial charge in [0, 0.05) is 63.0 Å². The lowest BCUT2D eigenvalue weighted by Gasteiger charge is -2.34. The number of primary amides is 1. The Morgan fingerprint density at radius 3 is 2.45 bits per heavy atom. The molecule has 3 N–H and O–H groups in total. The summed E-state index contributed by atoms with van der Waals surface area (Å²) in [5.41, 5.74) is 7.28. The number of aryl methyl sites for hydroxylation is 1. The molecule has 2 aromatic rings. The van der Waals surface area contributed by atoms with Crippen molar-refractivity contribution in [3.05, 3.63) is 28.3 Å². The zero-order chi connectivity index (χ0) is 22.0. The van der Waals surface area contributed by atoms with Crippen LogP contribution < -0.4 is 21.1 Å². The van der Waals surface area contributed by atoms with E-state index in [9.17, 15) is 9.59 Å². The van der Waals surface area contributed by atoms with E-state index in [2.05, 4.69) is 31.7 Å². The molecule has 0 spiro atoms. The minimum absolute atomic E-state index is 0.117. The maximum absolute atomic E-state index is 12.3. The molecule has 4 heterocycles. The number of likely N-dealkylation sites (N-methyl/N-ethyl adjacent to an activating group) is 1. The minimum Gasteiger partial charge on any atom is -0.369 e. The number of nitrogens with zero attached hydrogens (tertiary/aromatic N) is 6. The molecule has 31 heavy (non-hydrogen) atoms. The van der Waals surface area contributed by atoms with Crippen LogP contribution in [0.15, 0.2) is 17.1 Å². The van der Waals surface area contributed by atoms with Gasteiger partial charge in [0.25, 0.3) is 5.56 Å². The molecule has 2 fully saturated rings. The second-order valence-corrected chi connectivity index (χ2v) is 8.21. The Kier molecular flexibility index (Phi) is 6.17. The first kappa shape index (κ1) is 21.2. The summed E-state index contributed by atoms with van der Waals surface area (Å²) in [6, 6.07) is 1.48. The van der Waals surface area contributed by atoms with E-state index in [0.717, 1.165) is 49.9 Å². The Balaban J connectivity index is 1.53. The van der Waals surface area contributed by atoms with Crippen molar-refractivity contribution in [2.75, 3.05) is 55.6 Å². The number of anilines is 2. The Labute approximate surface area is 181 Å². The van der Waals surface area contributed by atoms with Crippen LogP contribution in [0.1, 0.15) is 25.5 Å². The molecule has 2 saturated heterocycles. The van der Waals surface area contributed by atoms with Crippen LogP contribution in [0, 0.1) is 12.8 Å². The monoisotopic (exact) mass is 426 g/mol. The van der Waals surface area contributed by atoms with Crippen LogP contribution >= 0.6 is 0 Å². The number of nitrogens with one attached hydrogen (secondary N) is 1. The van der Waals surface area contributed by atoms with E-state index < -0.39 is 0 Å². The van der Waals surface area contributed by atoms with Gasteiger partial charge in [-0.15, -0.1) is 0 Å². The van der Waals surface area contributed by atoms with E-state index in [1.165, 1.54) is 6.07 Å². The fraction of sp³-hybridized carbons (Fsp3) is 0.571. The molecule has 2 aliphatic heterocycles. The van der Waals surface area contributed by atoms with Crippen molar-refractivity contribution in [1.82, 2.24) is 24.8 Å². The molecule has 0 saturated carbocycles. The van der Waals surface area contributed by atoms with Gasteiger partial charge in [-0.05, 0) is 26.3 Å². The second-order valence-electron chi connectivity index (χ2n) is 8.21. The molecule has 10 nitrogen and oxygen atoms in total. The van der Waals surface area contributed by atoms with E-state index in [1.54, 1.807) is 6.20 Å². The van der Waals surface area contributed by atoms with Crippen molar-refractivity contribution in [2.45, 2.75) is 26.7 Å².